The van der Waals surface area contributed by atoms with E-state index in [4.69, 9.17) is 9.47 Å². The quantitative estimate of drug-likeness (QED) is 0.861. The third-order valence-electron chi connectivity index (χ3n) is 5.06. The Bertz CT molecular complexity index is 466. The molecule has 1 aromatic carbocycles. The number of benzene rings is 1. The van der Waals surface area contributed by atoms with E-state index in [2.05, 4.69) is 45.1 Å². The molecule has 1 aliphatic carbocycles. The van der Waals surface area contributed by atoms with Crippen LogP contribution in [0.4, 0.5) is 0 Å². The van der Waals surface area contributed by atoms with Gasteiger partial charge in [0.1, 0.15) is 0 Å². The van der Waals surface area contributed by atoms with Gasteiger partial charge >= 0.3 is 0 Å². The van der Waals surface area contributed by atoms with Gasteiger partial charge in [-0.3, -0.25) is 0 Å². The summed E-state index contributed by atoms with van der Waals surface area (Å²) < 4.78 is 10.9. The fourth-order valence-corrected chi connectivity index (χ4v) is 3.02. The van der Waals surface area contributed by atoms with Crippen LogP contribution in [0.1, 0.15) is 40.2 Å². The minimum absolute atomic E-state index is 0.363. The summed E-state index contributed by atoms with van der Waals surface area (Å²) in [5, 5.41) is 3.66. The standard InChI is InChI=1S/C17H27NO2/c1-7-20-13-9-8-12(10-14(13)19-6)11-18-15-16(2,3)17(15,4)5/h8-10,15,18H,7,11H2,1-6H3. The monoisotopic (exact) mass is 277 g/mol. The van der Waals surface area contributed by atoms with Gasteiger partial charge in [-0.1, -0.05) is 33.8 Å². The van der Waals surface area contributed by atoms with Crippen LogP contribution >= 0.6 is 0 Å². The second-order valence-electron chi connectivity index (χ2n) is 6.68. The first-order valence-corrected chi connectivity index (χ1v) is 7.37. The zero-order chi connectivity index (χ0) is 15.0. The van der Waals surface area contributed by atoms with Gasteiger partial charge in [-0.25, -0.2) is 0 Å². The number of nitrogens with one attached hydrogen (secondary N) is 1. The minimum atomic E-state index is 0.363. The fraction of sp³-hybridized carbons (Fsp3) is 0.647. The Hall–Kier alpha value is -1.22. The second kappa shape index (κ2) is 5.28. The summed E-state index contributed by atoms with van der Waals surface area (Å²) >= 11 is 0. The molecule has 0 aromatic heterocycles. The van der Waals surface area contributed by atoms with Gasteiger partial charge in [0.05, 0.1) is 13.7 Å². The molecule has 0 heterocycles. The van der Waals surface area contributed by atoms with Crippen molar-refractivity contribution in [3.8, 4) is 11.5 Å². The SMILES string of the molecule is CCOc1ccc(CNC2C(C)(C)C2(C)C)cc1OC. The van der Waals surface area contributed by atoms with Gasteiger partial charge in [0.2, 0.25) is 0 Å². The molecule has 1 saturated carbocycles. The van der Waals surface area contributed by atoms with Crippen LogP contribution in [0.2, 0.25) is 0 Å². The molecule has 1 fully saturated rings. The lowest BCUT2D eigenvalue weighted by Gasteiger charge is -2.12. The van der Waals surface area contributed by atoms with Crippen molar-refractivity contribution < 1.29 is 9.47 Å². The van der Waals surface area contributed by atoms with Crippen molar-refractivity contribution in [2.45, 2.75) is 47.2 Å². The maximum atomic E-state index is 5.54. The fourth-order valence-electron chi connectivity index (χ4n) is 3.02. The van der Waals surface area contributed by atoms with Crippen molar-refractivity contribution in [2.24, 2.45) is 10.8 Å². The number of rotatable bonds is 6. The third-order valence-corrected chi connectivity index (χ3v) is 5.06. The molecular weight excluding hydrogens is 250 g/mol. The molecule has 0 saturated heterocycles. The Labute approximate surface area is 122 Å². The van der Waals surface area contributed by atoms with E-state index < -0.39 is 0 Å². The first kappa shape index (κ1) is 15.2. The van der Waals surface area contributed by atoms with Gasteiger partial charge in [-0.05, 0) is 35.4 Å². The van der Waals surface area contributed by atoms with Crippen LogP contribution in [0.3, 0.4) is 0 Å². The highest BCUT2D eigenvalue weighted by molar-refractivity contribution is 5.43. The van der Waals surface area contributed by atoms with E-state index in [-0.39, 0.29) is 0 Å². The number of hydrogen-bond donors (Lipinski definition) is 1. The van der Waals surface area contributed by atoms with Gasteiger partial charge in [0.25, 0.3) is 0 Å². The predicted molar refractivity (Wildman–Crippen MR) is 82.4 cm³/mol. The Kier molecular flexibility index (Phi) is 4.01. The molecule has 0 atom stereocenters. The molecule has 1 N–H and O–H groups in total. The van der Waals surface area contributed by atoms with Crippen molar-refractivity contribution in [1.29, 1.82) is 0 Å². The van der Waals surface area contributed by atoms with Crippen LogP contribution < -0.4 is 14.8 Å². The molecule has 3 nitrogen and oxygen atoms in total. The summed E-state index contributed by atoms with van der Waals surface area (Å²) in [6.07, 6.45) is 0. The van der Waals surface area contributed by atoms with Gasteiger partial charge in [0.15, 0.2) is 11.5 Å². The molecule has 0 bridgehead atoms. The summed E-state index contributed by atoms with van der Waals surface area (Å²) in [4.78, 5) is 0. The first-order valence-electron chi connectivity index (χ1n) is 7.37. The molecule has 0 amide bonds. The molecule has 3 heteroatoms. The van der Waals surface area contributed by atoms with E-state index in [9.17, 15) is 0 Å². The maximum Gasteiger partial charge on any atom is 0.161 e. The van der Waals surface area contributed by atoms with Crippen LogP contribution in [0.5, 0.6) is 11.5 Å². The summed E-state index contributed by atoms with van der Waals surface area (Å²) in [7, 11) is 1.68. The topological polar surface area (TPSA) is 30.5 Å². The third kappa shape index (κ3) is 2.51. The summed E-state index contributed by atoms with van der Waals surface area (Å²) in [6.45, 7) is 12.8. The lowest BCUT2D eigenvalue weighted by Crippen LogP contribution is -2.21. The van der Waals surface area contributed by atoms with Crippen LogP contribution in [0.15, 0.2) is 18.2 Å². The minimum Gasteiger partial charge on any atom is -0.493 e. The molecule has 112 valence electrons. The van der Waals surface area contributed by atoms with Crippen molar-refractivity contribution in [2.75, 3.05) is 13.7 Å². The lowest BCUT2D eigenvalue weighted by molar-refractivity contribution is 0.310. The average molecular weight is 277 g/mol. The number of methoxy groups -OCH3 is 1. The molecule has 0 aliphatic heterocycles. The summed E-state index contributed by atoms with van der Waals surface area (Å²) in [5.74, 6) is 1.62. The lowest BCUT2D eigenvalue weighted by atomic mass is 10.0. The Morgan fingerprint density at radius 2 is 1.75 bits per heavy atom. The molecule has 0 radical (unpaired) electrons. The van der Waals surface area contributed by atoms with Crippen LogP contribution in [-0.2, 0) is 6.54 Å². The normalized spacial score (nSPS) is 19.7. The van der Waals surface area contributed by atoms with E-state index in [1.165, 1.54) is 5.56 Å². The van der Waals surface area contributed by atoms with Crippen molar-refractivity contribution >= 4 is 0 Å². The van der Waals surface area contributed by atoms with Gasteiger partial charge < -0.3 is 14.8 Å². The largest absolute Gasteiger partial charge is 0.493 e. The van der Waals surface area contributed by atoms with Gasteiger partial charge in [-0.15, -0.1) is 0 Å². The van der Waals surface area contributed by atoms with E-state index in [0.717, 1.165) is 18.0 Å². The Morgan fingerprint density at radius 3 is 2.25 bits per heavy atom. The molecule has 2 rings (SSSR count). The van der Waals surface area contributed by atoms with Crippen molar-refractivity contribution in [3.63, 3.8) is 0 Å². The highest BCUT2D eigenvalue weighted by Gasteiger charge is 2.64. The second-order valence-corrected chi connectivity index (χ2v) is 6.68. The van der Waals surface area contributed by atoms with Crippen LogP contribution in [-0.4, -0.2) is 19.8 Å². The summed E-state index contributed by atoms with van der Waals surface area (Å²) in [6, 6.07) is 6.71. The van der Waals surface area contributed by atoms with Crippen LogP contribution in [0, 0.1) is 10.8 Å². The highest BCUT2D eigenvalue weighted by Crippen LogP contribution is 2.62. The van der Waals surface area contributed by atoms with Crippen molar-refractivity contribution in [3.05, 3.63) is 23.8 Å². The predicted octanol–water partition coefficient (Wildman–Crippen LogP) is 3.62. The smallest absolute Gasteiger partial charge is 0.161 e. The number of ether oxygens (including phenoxy) is 2. The summed E-state index contributed by atoms with van der Waals surface area (Å²) in [5.41, 5.74) is 1.95. The Balaban J connectivity index is 2.01. The molecule has 1 aliphatic rings. The zero-order valence-electron chi connectivity index (χ0n) is 13.5. The average Bonchev–Trinajstić information content (AvgIpc) is 2.79. The van der Waals surface area contributed by atoms with E-state index >= 15 is 0 Å². The number of hydrogen-bond acceptors (Lipinski definition) is 3. The maximum absolute atomic E-state index is 5.54. The van der Waals surface area contributed by atoms with E-state index in [0.29, 0.717) is 23.5 Å². The molecular formula is C17H27NO2. The van der Waals surface area contributed by atoms with Gasteiger partial charge in [0, 0.05) is 12.6 Å². The van der Waals surface area contributed by atoms with E-state index in [1.54, 1.807) is 7.11 Å². The van der Waals surface area contributed by atoms with Crippen LogP contribution in [0.25, 0.3) is 0 Å². The van der Waals surface area contributed by atoms with Crippen molar-refractivity contribution in [1.82, 2.24) is 5.32 Å². The molecule has 20 heavy (non-hydrogen) atoms. The van der Waals surface area contributed by atoms with E-state index in [1.807, 2.05) is 13.0 Å². The van der Waals surface area contributed by atoms with Gasteiger partial charge in [-0.2, -0.15) is 0 Å². The highest BCUT2D eigenvalue weighted by atomic mass is 16.5. The first-order chi connectivity index (χ1) is 9.34. The molecule has 0 unspecified atom stereocenters. The molecule has 1 aromatic rings. The zero-order valence-corrected chi connectivity index (χ0v) is 13.5. The Morgan fingerprint density at radius 1 is 1.10 bits per heavy atom. The molecule has 0 spiro atoms.